The molecule has 2 amide bonds. The number of benzene rings is 1. The number of piperazine rings is 1. The Bertz CT molecular complexity index is 574. The second-order valence-corrected chi connectivity index (χ2v) is 5.82. The largest absolute Gasteiger partial charge is 0.343 e. The molecule has 0 spiro atoms. The smallest absolute Gasteiger partial charge is 0.246 e. The molecule has 2 rings (SSSR count). The van der Waals surface area contributed by atoms with Crippen LogP contribution in [0.5, 0.6) is 0 Å². The van der Waals surface area contributed by atoms with Crippen LogP contribution in [0.1, 0.15) is 26.3 Å². The van der Waals surface area contributed by atoms with E-state index >= 15 is 0 Å². The van der Waals surface area contributed by atoms with Crippen molar-refractivity contribution >= 4 is 23.4 Å². The van der Waals surface area contributed by atoms with Crippen LogP contribution in [0, 0.1) is 5.82 Å². The van der Waals surface area contributed by atoms with Crippen molar-refractivity contribution in [2.45, 2.75) is 38.9 Å². The molecule has 1 heterocycles. The Balaban J connectivity index is 2.36. The molecule has 4 nitrogen and oxygen atoms in total. The molecule has 1 saturated heterocycles. The van der Waals surface area contributed by atoms with Crippen molar-refractivity contribution in [2.24, 2.45) is 0 Å². The van der Waals surface area contributed by atoms with Gasteiger partial charge >= 0.3 is 0 Å². The molecule has 1 aromatic carbocycles. The minimum absolute atomic E-state index is 0.0974. The molecule has 1 aliphatic heterocycles. The first kappa shape index (κ1) is 14.8. The standard InChI is InChI=1S/C14H16ClFN2O2/c1-8-12(19)18(14(2,3)13(20)17-8)7-9-6-10(16)4-5-11(9)15/h4-6,8H,7H2,1-3H3,(H,17,20). The van der Waals surface area contributed by atoms with Gasteiger partial charge in [0.25, 0.3) is 0 Å². The maximum absolute atomic E-state index is 13.3. The number of hydrogen-bond donors (Lipinski definition) is 1. The van der Waals surface area contributed by atoms with Gasteiger partial charge in [-0.15, -0.1) is 0 Å². The molecule has 0 radical (unpaired) electrons. The summed E-state index contributed by atoms with van der Waals surface area (Å²) in [6, 6.07) is 3.38. The summed E-state index contributed by atoms with van der Waals surface area (Å²) in [5, 5.41) is 2.99. The van der Waals surface area contributed by atoms with Gasteiger partial charge in [-0.05, 0) is 44.5 Å². The molecule has 6 heteroatoms. The van der Waals surface area contributed by atoms with Gasteiger partial charge in [0.2, 0.25) is 11.8 Å². The molecule has 1 unspecified atom stereocenters. The number of nitrogens with zero attached hydrogens (tertiary/aromatic N) is 1. The number of carbonyl (C=O) groups excluding carboxylic acids is 2. The van der Waals surface area contributed by atoms with Crippen molar-refractivity contribution in [1.29, 1.82) is 0 Å². The lowest BCUT2D eigenvalue weighted by Gasteiger charge is -2.43. The minimum atomic E-state index is -1.00. The number of carbonyl (C=O) groups is 2. The van der Waals surface area contributed by atoms with Crippen LogP contribution in [0.2, 0.25) is 5.02 Å². The van der Waals surface area contributed by atoms with E-state index in [9.17, 15) is 14.0 Å². The second-order valence-electron chi connectivity index (χ2n) is 5.41. The molecule has 1 fully saturated rings. The first-order valence-corrected chi connectivity index (χ1v) is 6.67. The van der Waals surface area contributed by atoms with E-state index in [1.807, 2.05) is 0 Å². The maximum atomic E-state index is 13.3. The number of amides is 2. The van der Waals surface area contributed by atoms with Crippen LogP contribution in [0.3, 0.4) is 0 Å². The van der Waals surface area contributed by atoms with Crippen molar-refractivity contribution in [2.75, 3.05) is 0 Å². The van der Waals surface area contributed by atoms with Crippen LogP contribution >= 0.6 is 11.6 Å². The van der Waals surface area contributed by atoms with E-state index < -0.39 is 17.4 Å². The highest BCUT2D eigenvalue weighted by Gasteiger charge is 2.44. The van der Waals surface area contributed by atoms with Gasteiger partial charge in [0.1, 0.15) is 17.4 Å². The Morgan fingerprint density at radius 2 is 2.05 bits per heavy atom. The second kappa shape index (κ2) is 5.05. The lowest BCUT2D eigenvalue weighted by atomic mass is 9.95. The fraction of sp³-hybridized carbons (Fsp3) is 0.429. The van der Waals surface area contributed by atoms with Crippen LogP contribution in [0.4, 0.5) is 4.39 Å². The van der Waals surface area contributed by atoms with Crippen LogP contribution in [-0.2, 0) is 16.1 Å². The molecule has 0 aliphatic carbocycles. The van der Waals surface area contributed by atoms with E-state index in [0.717, 1.165) is 0 Å². The van der Waals surface area contributed by atoms with E-state index in [1.54, 1.807) is 20.8 Å². The SMILES string of the molecule is CC1NC(=O)C(C)(C)N(Cc2cc(F)ccc2Cl)C1=O. The fourth-order valence-electron chi connectivity index (χ4n) is 2.18. The fourth-order valence-corrected chi connectivity index (χ4v) is 2.35. The zero-order chi connectivity index (χ0) is 15.1. The predicted octanol–water partition coefficient (Wildman–Crippen LogP) is 2.10. The first-order chi connectivity index (χ1) is 9.23. The van der Waals surface area contributed by atoms with Crippen molar-refractivity contribution < 1.29 is 14.0 Å². The zero-order valence-corrected chi connectivity index (χ0v) is 12.3. The first-order valence-electron chi connectivity index (χ1n) is 6.30. The molecular formula is C14H16ClFN2O2. The highest BCUT2D eigenvalue weighted by Crippen LogP contribution is 2.26. The van der Waals surface area contributed by atoms with Gasteiger partial charge in [-0.25, -0.2) is 4.39 Å². The van der Waals surface area contributed by atoms with Gasteiger partial charge < -0.3 is 10.2 Å². The third kappa shape index (κ3) is 2.50. The molecule has 20 heavy (non-hydrogen) atoms. The minimum Gasteiger partial charge on any atom is -0.343 e. The Labute approximate surface area is 121 Å². The van der Waals surface area contributed by atoms with Crippen LogP contribution < -0.4 is 5.32 Å². The Hall–Kier alpha value is -1.62. The molecule has 0 saturated carbocycles. The summed E-state index contributed by atoms with van der Waals surface area (Å²) < 4.78 is 13.3. The zero-order valence-electron chi connectivity index (χ0n) is 11.5. The summed E-state index contributed by atoms with van der Waals surface area (Å²) in [5.41, 5.74) is -0.519. The third-order valence-electron chi connectivity index (χ3n) is 3.55. The quantitative estimate of drug-likeness (QED) is 0.909. The molecule has 1 N–H and O–H groups in total. The number of hydrogen-bond acceptors (Lipinski definition) is 2. The van der Waals surface area contributed by atoms with Crippen LogP contribution in [0.15, 0.2) is 18.2 Å². The van der Waals surface area contributed by atoms with E-state index in [-0.39, 0.29) is 18.4 Å². The van der Waals surface area contributed by atoms with Crippen molar-refractivity contribution in [3.8, 4) is 0 Å². The summed E-state index contributed by atoms with van der Waals surface area (Å²) in [6.45, 7) is 5.02. The van der Waals surface area contributed by atoms with Gasteiger partial charge in [0.15, 0.2) is 0 Å². The average Bonchev–Trinajstić information content (AvgIpc) is 2.37. The Morgan fingerprint density at radius 3 is 2.70 bits per heavy atom. The summed E-state index contributed by atoms with van der Waals surface area (Å²) in [4.78, 5) is 25.7. The maximum Gasteiger partial charge on any atom is 0.246 e. The molecular weight excluding hydrogens is 283 g/mol. The topological polar surface area (TPSA) is 49.4 Å². The van der Waals surface area contributed by atoms with Crippen LogP contribution in [-0.4, -0.2) is 28.3 Å². The van der Waals surface area contributed by atoms with Gasteiger partial charge in [-0.3, -0.25) is 9.59 Å². The van der Waals surface area contributed by atoms with Gasteiger partial charge in [0.05, 0.1) is 0 Å². The van der Waals surface area contributed by atoms with E-state index in [1.165, 1.54) is 23.1 Å². The average molecular weight is 299 g/mol. The predicted molar refractivity (Wildman–Crippen MR) is 73.6 cm³/mol. The molecule has 1 atom stereocenters. The summed E-state index contributed by atoms with van der Waals surface area (Å²) >= 11 is 6.02. The Kier molecular flexibility index (Phi) is 3.73. The van der Waals surface area contributed by atoms with Gasteiger partial charge in [0, 0.05) is 11.6 Å². The lowest BCUT2D eigenvalue weighted by Crippen LogP contribution is -2.67. The van der Waals surface area contributed by atoms with Gasteiger partial charge in [-0.1, -0.05) is 11.6 Å². The van der Waals surface area contributed by atoms with Crippen molar-refractivity contribution in [3.63, 3.8) is 0 Å². The Morgan fingerprint density at radius 1 is 1.40 bits per heavy atom. The normalized spacial score (nSPS) is 21.9. The molecule has 108 valence electrons. The molecule has 1 aromatic rings. The highest BCUT2D eigenvalue weighted by atomic mass is 35.5. The molecule has 1 aliphatic rings. The lowest BCUT2D eigenvalue weighted by molar-refractivity contribution is -0.155. The van der Waals surface area contributed by atoms with E-state index in [4.69, 9.17) is 11.6 Å². The van der Waals surface area contributed by atoms with E-state index in [0.29, 0.717) is 10.6 Å². The van der Waals surface area contributed by atoms with Crippen molar-refractivity contribution in [3.05, 3.63) is 34.6 Å². The summed E-state index contributed by atoms with van der Waals surface area (Å²) in [6.07, 6.45) is 0. The summed E-state index contributed by atoms with van der Waals surface area (Å²) in [7, 11) is 0. The molecule has 0 bridgehead atoms. The number of nitrogens with one attached hydrogen (secondary N) is 1. The monoisotopic (exact) mass is 298 g/mol. The molecule has 0 aromatic heterocycles. The third-order valence-corrected chi connectivity index (χ3v) is 3.92. The van der Waals surface area contributed by atoms with Crippen molar-refractivity contribution in [1.82, 2.24) is 10.2 Å². The summed E-state index contributed by atoms with van der Waals surface area (Å²) in [5.74, 6) is -0.879. The number of halogens is 2. The van der Waals surface area contributed by atoms with E-state index in [2.05, 4.69) is 5.32 Å². The van der Waals surface area contributed by atoms with Gasteiger partial charge in [-0.2, -0.15) is 0 Å². The number of rotatable bonds is 2. The van der Waals surface area contributed by atoms with Crippen LogP contribution in [0.25, 0.3) is 0 Å². The highest BCUT2D eigenvalue weighted by molar-refractivity contribution is 6.31.